The van der Waals surface area contributed by atoms with Gasteiger partial charge >= 0.3 is 0 Å². The summed E-state index contributed by atoms with van der Waals surface area (Å²) in [5, 5.41) is 38.4. The molecule has 0 aliphatic heterocycles. The van der Waals surface area contributed by atoms with Gasteiger partial charge in [0.15, 0.2) is 5.82 Å². The van der Waals surface area contributed by atoms with Crippen LogP contribution in [0.3, 0.4) is 0 Å². The summed E-state index contributed by atoms with van der Waals surface area (Å²) in [7, 11) is 0. The second-order valence-electron chi connectivity index (χ2n) is 6.58. The molecule has 2 aromatic heterocycles. The zero-order valence-corrected chi connectivity index (χ0v) is 16.8. The predicted octanol–water partition coefficient (Wildman–Crippen LogP) is 2.58. The van der Waals surface area contributed by atoms with Crippen molar-refractivity contribution in [3.05, 3.63) is 80.0 Å². The van der Waals surface area contributed by atoms with Gasteiger partial charge in [0.1, 0.15) is 11.6 Å². The second kappa shape index (κ2) is 9.88. The smallest absolute Gasteiger partial charge is 0.277 e. The molecule has 0 bridgehead atoms. The minimum absolute atomic E-state index is 0.143. The first-order valence-electron chi connectivity index (χ1n) is 9.31. The number of carbonyl (C=O) groups is 1. The van der Waals surface area contributed by atoms with Gasteiger partial charge in [-0.15, -0.1) is 10.2 Å². The number of aryl methyl sites for hydroxylation is 1. The van der Waals surface area contributed by atoms with E-state index in [1.54, 1.807) is 18.3 Å². The van der Waals surface area contributed by atoms with Crippen molar-refractivity contribution in [3.8, 4) is 0 Å². The fraction of sp³-hybridized carbons (Fsp3) is 0.158. The molecule has 1 amide bonds. The lowest BCUT2D eigenvalue weighted by Crippen LogP contribution is -2.29. The van der Waals surface area contributed by atoms with E-state index in [4.69, 9.17) is 0 Å². The molecule has 32 heavy (non-hydrogen) atoms. The van der Waals surface area contributed by atoms with Crippen LogP contribution in [0, 0.1) is 27.2 Å². The van der Waals surface area contributed by atoms with E-state index in [1.807, 2.05) is 19.1 Å². The molecular weight excluding hydrogens is 420 g/mol. The van der Waals surface area contributed by atoms with Crippen molar-refractivity contribution >= 4 is 34.7 Å². The molecule has 3 aromatic rings. The van der Waals surface area contributed by atoms with Crippen LogP contribution in [-0.2, 0) is 0 Å². The van der Waals surface area contributed by atoms with E-state index in [-0.39, 0.29) is 18.7 Å². The lowest BCUT2D eigenvalue weighted by molar-refractivity contribution is -0.394. The molecule has 0 saturated carbocycles. The quantitative estimate of drug-likeness (QED) is 0.255. The number of anilines is 3. The molecule has 1 aromatic carbocycles. The molecule has 3 rings (SSSR count). The van der Waals surface area contributed by atoms with Gasteiger partial charge in [0.2, 0.25) is 0 Å². The van der Waals surface area contributed by atoms with Gasteiger partial charge in [-0.05, 0) is 30.7 Å². The first-order valence-corrected chi connectivity index (χ1v) is 9.31. The Labute approximate surface area is 181 Å². The summed E-state index contributed by atoms with van der Waals surface area (Å²) in [6, 6.07) is 9.89. The van der Waals surface area contributed by atoms with E-state index in [0.717, 1.165) is 23.8 Å². The third-order valence-electron chi connectivity index (χ3n) is 4.14. The fourth-order valence-electron chi connectivity index (χ4n) is 2.57. The number of hydrogen-bond acceptors (Lipinski definition) is 10. The molecule has 0 fully saturated rings. The molecule has 0 atom stereocenters. The lowest BCUT2D eigenvalue weighted by Gasteiger charge is -2.08. The van der Waals surface area contributed by atoms with Crippen LogP contribution in [0.5, 0.6) is 0 Å². The number of hydrogen-bond donors (Lipinski definition) is 3. The lowest BCUT2D eigenvalue weighted by atomic mass is 10.1. The molecule has 0 radical (unpaired) electrons. The van der Waals surface area contributed by atoms with Gasteiger partial charge < -0.3 is 16.0 Å². The van der Waals surface area contributed by atoms with E-state index in [1.165, 1.54) is 0 Å². The van der Waals surface area contributed by atoms with Gasteiger partial charge in [-0.2, -0.15) is 0 Å². The first kappa shape index (κ1) is 22.0. The standard InChI is InChI=1S/C19H18N8O5/c1-12-2-3-16(22-11-12)23-18-5-4-17(24-25-18)20-6-7-21-19(28)13-8-14(26(29)30)10-15(9-13)27(31)32/h2-5,8-11H,6-7H2,1H3,(H,20,24)(H,21,28)(H,22,23,25). The monoisotopic (exact) mass is 438 g/mol. The minimum atomic E-state index is -0.794. The van der Waals surface area contributed by atoms with Crippen molar-refractivity contribution in [1.29, 1.82) is 0 Å². The van der Waals surface area contributed by atoms with Crippen LogP contribution in [0.15, 0.2) is 48.7 Å². The van der Waals surface area contributed by atoms with Crippen molar-refractivity contribution in [2.75, 3.05) is 23.7 Å². The highest BCUT2D eigenvalue weighted by atomic mass is 16.6. The number of aromatic nitrogens is 3. The number of pyridine rings is 1. The van der Waals surface area contributed by atoms with Crippen LogP contribution in [0.1, 0.15) is 15.9 Å². The van der Waals surface area contributed by atoms with E-state index in [9.17, 15) is 25.0 Å². The van der Waals surface area contributed by atoms with Crippen molar-refractivity contribution < 1.29 is 14.6 Å². The summed E-state index contributed by atoms with van der Waals surface area (Å²) in [6.07, 6.45) is 1.73. The molecule has 0 aliphatic carbocycles. The molecule has 13 heteroatoms. The summed E-state index contributed by atoms with van der Waals surface area (Å²) >= 11 is 0. The molecule has 2 heterocycles. The SMILES string of the molecule is Cc1ccc(Nc2ccc(NCCNC(=O)c3cc([N+](=O)[O-])cc([N+](=O)[O-])c3)nn2)nc1. The Balaban J connectivity index is 1.50. The molecule has 0 spiro atoms. The second-order valence-corrected chi connectivity index (χ2v) is 6.58. The van der Waals surface area contributed by atoms with E-state index in [0.29, 0.717) is 17.5 Å². The summed E-state index contributed by atoms with van der Waals surface area (Å²) in [6.45, 7) is 2.36. The highest BCUT2D eigenvalue weighted by Gasteiger charge is 2.19. The highest BCUT2D eigenvalue weighted by Crippen LogP contribution is 2.22. The van der Waals surface area contributed by atoms with Crippen molar-refractivity contribution in [2.45, 2.75) is 6.92 Å². The zero-order valence-electron chi connectivity index (χ0n) is 16.8. The Morgan fingerprint density at radius 2 is 1.53 bits per heavy atom. The number of benzene rings is 1. The van der Waals surface area contributed by atoms with Crippen LogP contribution < -0.4 is 16.0 Å². The zero-order chi connectivity index (χ0) is 23.1. The number of rotatable bonds is 9. The van der Waals surface area contributed by atoms with Gasteiger partial charge in [0.25, 0.3) is 17.3 Å². The summed E-state index contributed by atoms with van der Waals surface area (Å²) in [5.41, 5.74) is -0.206. The van der Waals surface area contributed by atoms with Gasteiger partial charge in [-0.1, -0.05) is 6.07 Å². The molecule has 0 saturated heterocycles. The van der Waals surface area contributed by atoms with E-state index < -0.39 is 27.1 Å². The Morgan fingerprint density at radius 1 is 0.906 bits per heavy atom. The third kappa shape index (κ3) is 5.91. The van der Waals surface area contributed by atoms with Crippen LogP contribution >= 0.6 is 0 Å². The van der Waals surface area contributed by atoms with Crippen molar-refractivity contribution in [2.24, 2.45) is 0 Å². The van der Waals surface area contributed by atoms with E-state index >= 15 is 0 Å². The predicted molar refractivity (Wildman–Crippen MR) is 115 cm³/mol. The summed E-state index contributed by atoms with van der Waals surface area (Å²) in [5.74, 6) is 0.935. The van der Waals surface area contributed by atoms with Crippen molar-refractivity contribution in [1.82, 2.24) is 20.5 Å². The normalized spacial score (nSPS) is 10.3. The Kier molecular flexibility index (Phi) is 6.80. The number of nitrogens with zero attached hydrogens (tertiary/aromatic N) is 5. The topological polar surface area (TPSA) is 178 Å². The molecule has 0 unspecified atom stereocenters. The maximum Gasteiger partial charge on any atom is 0.277 e. The highest BCUT2D eigenvalue weighted by molar-refractivity contribution is 5.95. The van der Waals surface area contributed by atoms with Gasteiger partial charge in [-0.25, -0.2) is 4.98 Å². The molecule has 3 N–H and O–H groups in total. The summed E-state index contributed by atoms with van der Waals surface area (Å²) < 4.78 is 0. The largest absolute Gasteiger partial charge is 0.367 e. The van der Waals surface area contributed by atoms with Gasteiger partial charge in [-0.3, -0.25) is 25.0 Å². The maximum atomic E-state index is 12.2. The van der Waals surface area contributed by atoms with E-state index in [2.05, 4.69) is 31.1 Å². The van der Waals surface area contributed by atoms with Crippen LogP contribution in [0.2, 0.25) is 0 Å². The molecule has 13 nitrogen and oxygen atoms in total. The first-order chi connectivity index (χ1) is 15.3. The Bertz CT molecular complexity index is 1100. The van der Waals surface area contributed by atoms with Crippen LogP contribution in [0.4, 0.5) is 28.8 Å². The Morgan fingerprint density at radius 3 is 2.09 bits per heavy atom. The van der Waals surface area contributed by atoms with Gasteiger partial charge in [0, 0.05) is 31.4 Å². The van der Waals surface area contributed by atoms with Crippen LogP contribution in [0.25, 0.3) is 0 Å². The number of amides is 1. The average Bonchev–Trinajstić information content (AvgIpc) is 2.78. The number of nitro benzene ring substituents is 2. The fourth-order valence-corrected chi connectivity index (χ4v) is 2.57. The number of nitrogens with one attached hydrogen (secondary N) is 3. The van der Waals surface area contributed by atoms with Crippen LogP contribution in [-0.4, -0.2) is 44.0 Å². The molecular formula is C19H18N8O5. The Hall–Kier alpha value is -4.68. The third-order valence-corrected chi connectivity index (χ3v) is 4.14. The maximum absolute atomic E-state index is 12.2. The number of nitro groups is 2. The molecule has 164 valence electrons. The van der Waals surface area contributed by atoms with Gasteiger partial charge in [0.05, 0.1) is 21.5 Å². The summed E-state index contributed by atoms with van der Waals surface area (Å²) in [4.78, 5) is 36.7. The average molecular weight is 438 g/mol. The number of carbonyl (C=O) groups excluding carboxylic acids is 1. The molecule has 0 aliphatic rings. The number of non-ortho nitro benzene ring substituents is 2. The minimum Gasteiger partial charge on any atom is -0.367 e. The van der Waals surface area contributed by atoms with Crippen molar-refractivity contribution in [3.63, 3.8) is 0 Å².